The lowest BCUT2D eigenvalue weighted by Crippen LogP contribution is -2.31. The molecule has 1 atom stereocenters. The number of amides is 1. The minimum Gasteiger partial charge on any atom is -0.496 e. The number of rotatable bonds is 5. The van der Waals surface area contributed by atoms with Crippen molar-refractivity contribution in [1.82, 2.24) is 10.2 Å². The summed E-state index contributed by atoms with van der Waals surface area (Å²) >= 11 is 0. The third-order valence-electron chi connectivity index (χ3n) is 3.67. The molecule has 1 unspecified atom stereocenters. The summed E-state index contributed by atoms with van der Waals surface area (Å²) in [6.45, 7) is 2.73. The van der Waals surface area contributed by atoms with Crippen molar-refractivity contribution in [3.05, 3.63) is 29.8 Å². The molecule has 0 spiro atoms. The van der Waals surface area contributed by atoms with Crippen molar-refractivity contribution in [2.24, 2.45) is 5.92 Å². The number of benzene rings is 1. The number of ether oxygens (including phenoxy) is 1. The predicted octanol–water partition coefficient (Wildman–Crippen LogP) is 1.31. The molecule has 4 nitrogen and oxygen atoms in total. The Morgan fingerprint density at radius 3 is 3.00 bits per heavy atom. The average Bonchev–Trinajstić information content (AvgIpc) is 2.88. The minimum absolute atomic E-state index is 0.197. The summed E-state index contributed by atoms with van der Waals surface area (Å²) < 4.78 is 5.29. The molecule has 1 N–H and O–H groups in total. The first kappa shape index (κ1) is 13.9. The van der Waals surface area contributed by atoms with Crippen molar-refractivity contribution in [3.8, 4) is 5.75 Å². The van der Waals surface area contributed by atoms with Crippen LogP contribution in [0.4, 0.5) is 0 Å². The van der Waals surface area contributed by atoms with Gasteiger partial charge in [0.25, 0.3) is 0 Å². The molecule has 0 bridgehead atoms. The molecule has 0 saturated carbocycles. The third-order valence-corrected chi connectivity index (χ3v) is 3.67. The summed E-state index contributed by atoms with van der Waals surface area (Å²) in [7, 11) is 3.60. The van der Waals surface area contributed by atoms with Gasteiger partial charge in [-0.15, -0.1) is 0 Å². The first-order valence-electron chi connectivity index (χ1n) is 6.79. The van der Waals surface area contributed by atoms with E-state index in [1.54, 1.807) is 7.11 Å². The van der Waals surface area contributed by atoms with E-state index in [-0.39, 0.29) is 5.91 Å². The molecule has 1 fully saturated rings. The first-order valence-corrected chi connectivity index (χ1v) is 6.79. The van der Waals surface area contributed by atoms with Gasteiger partial charge in [0.1, 0.15) is 5.75 Å². The molecule has 0 radical (unpaired) electrons. The highest BCUT2D eigenvalue weighted by molar-refractivity contribution is 5.79. The van der Waals surface area contributed by atoms with Crippen LogP contribution in [0.5, 0.6) is 5.75 Å². The number of likely N-dealkylation sites (tertiary alicyclic amines) is 1. The molecule has 1 amide bonds. The van der Waals surface area contributed by atoms with E-state index in [2.05, 4.69) is 5.32 Å². The number of para-hydroxylation sites is 1. The van der Waals surface area contributed by atoms with Gasteiger partial charge >= 0.3 is 0 Å². The van der Waals surface area contributed by atoms with Gasteiger partial charge in [0, 0.05) is 18.7 Å². The molecule has 1 aliphatic heterocycles. The van der Waals surface area contributed by atoms with E-state index in [0.717, 1.165) is 37.4 Å². The highest BCUT2D eigenvalue weighted by atomic mass is 16.5. The van der Waals surface area contributed by atoms with Crippen molar-refractivity contribution in [1.29, 1.82) is 0 Å². The van der Waals surface area contributed by atoms with Gasteiger partial charge in [0.05, 0.1) is 13.5 Å². The third kappa shape index (κ3) is 3.47. The summed E-state index contributed by atoms with van der Waals surface area (Å²) in [5.74, 6) is 1.58. The number of carbonyl (C=O) groups excluding carboxylic acids is 1. The lowest BCUT2D eigenvalue weighted by atomic mass is 10.1. The van der Waals surface area contributed by atoms with Crippen LogP contribution in [0.3, 0.4) is 0 Å². The Bertz CT molecular complexity index is 434. The second-order valence-electron chi connectivity index (χ2n) is 5.04. The fourth-order valence-corrected chi connectivity index (χ4v) is 2.64. The molecule has 1 saturated heterocycles. The van der Waals surface area contributed by atoms with Gasteiger partial charge in [-0.2, -0.15) is 0 Å². The van der Waals surface area contributed by atoms with Crippen molar-refractivity contribution >= 4 is 5.91 Å². The lowest BCUT2D eigenvalue weighted by molar-refractivity contribution is -0.129. The van der Waals surface area contributed by atoms with E-state index < -0.39 is 0 Å². The zero-order chi connectivity index (χ0) is 13.7. The Morgan fingerprint density at radius 1 is 1.47 bits per heavy atom. The molecule has 0 aliphatic carbocycles. The van der Waals surface area contributed by atoms with E-state index in [4.69, 9.17) is 4.74 Å². The molecule has 1 heterocycles. The van der Waals surface area contributed by atoms with Crippen LogP contribution >= 0.6 is 0 Å². The number of hydrogen-bond acceptors (Lipinski definition) is 3. The van der Waals surface area contributed by atoms with Gasteiger partial charge < -0.3 is 15.0 Å². The first-order chi connectivity index (χ1) is 9.24. The van der Waals surface area contributed by atoms with E-state index in [1.807, 2.05) is 36.2 Å². The molecule has 2 rings (SSSR count). The number of methoxy groups -OCH3 is 1. The Hall–Kier alpha value is -1.55. The van der Waals surface area contributed by atoms with E-state index in [9.17, 15) is 4.79 Å². The normalized spacial score (nSPS) is 18.6. The Kier molecular flexibility index (Phi) is 4.80. The summed E-state index contributed by atoms with van der Waals surface area (Å²) in [6, 6.07) is 7.72. The lowest BCUT2D eigenvalue weighted by Gasteiger charge is -2.17. The predicted molar refractivity (Wildman–Crippen MR) is 75.3 cm³/mol. The Balaban J connectivity index is 1.94. The van der Waals surface area contributed by atoms with Crippen LogP contribution in [0.2, 0.25) is 0 Å². The van der Waals surface area contributed by atoms with Crippen LogP contribution in [-0.4, -0.2) is 44.6 Å². The second kappa shape index (κ2) is 6.57. The largest absolute Gasteiger partial charge is 0.496 e. The van der Waals surface area contributed by atoms with Crippen LogP contribution in [0.1, 0.15) is 12.0 Å². The molecular weight excluding hydrogens is 240 g/mol. The van der Waals surface area contributed by atoms with Crippen molar-refractivity contribution in [2.75, 3.05) is 33.8 Å². The monoisotopic (exact) mass is 262 g/mol. The zero-order valence-corrected chi connectivity index (χ0v) is 11.7. The maximum Gasteiger partial charge on any atom is 0.227 e. The number of carbonyl (C=O) groups is 1. The standard InChI is InChI=1S/C15H22N2O2/c1-16-10-12-7-8-17(11-12)15(18)9-13-5-3-4-6-14(13)19-2/h3-6,12,16H,7-11H2,1-2H3. The van der Waals surface area contributed by atoms with E-state index >= 15 is 0 Å². The van der Waals surface area contributed by atoms with Crippen LogP contribution in [-0.2, 0) is 11.2 Å². The summed E-state index contributed by atoms with van der Waals surface area (Å²) in [4.78, 5) is 14.2. The topological polar surface area (TPSA) is 41.6 Å². The number of nitrogens with one attached hydrogen (secondary N) is 1. The molecular formula is C15H22N2O2. The Labute approximate surface area is 114 Å². The van der Waals surface area contributed by atoms with Gasteiger partial charge in [-0.25, -0.2) is 0 Å². The molecule has 104 valence electrons. The second-order valence-corrected chi connectivity index (χ2v) is 5.04. The van der Waals surface area contributed by atoms with Crippen molar-refractivity contribution in [3.63, 3.8) is 0 Å². The average molecular weight is 262 g/mol. The minimum atomic E-state index is 0.197. The van der Waals surface area contributed by atoms with E-state index in [1.165, 1.54) is 0 Å². The Morgan fingerprint density at radius 2 is 2.26 bits per heavy atom. The fourth-order valence-electron chi connectivity index (χ4n) is 2.64. The molecule has 0 aromatic heterocycles. The van der Waals surface area contributed by atoms with Crippen LogP contribution < -0.4 is 10.1 Å². The number of hydrogen-bond donors (Lipinski definition) is 1. The molecule has 4 heteroatoms. The van der Waals surface area contributed by atoms with Gasteiger partial charge in [0.15, 0.2) is 0 Å². The SMILES string of the molecule is CNCC1CCN(C(=O)Cc2ccccc2OC)C1. The van der Waals surface area contributed by atoms with Crippen LogP contribution in [0.15, 0.2) is 24.3 Å². The molecule has 1 aromatic carbocycles. The summed E-state index contributed by atoms with van der Waals surface area (Å²) in [5, 5.41) is 3.18. The molecule has 19 heavy (non-hydrogen) atoms. The highest BCUT2D eigenvalue weighted by Crippen LogP contribution is 2.21. The van der Waals surface area contributed by atoms with Crippen LogP contribution in [0.25, 0.3) is 0 Å². The van der Waals surface area contributed by atoms with E-state index in [0.29, 0.717) is 12.3 Å². The van der Waals surface area contributed by atoms with Gasteiger partial charge in [-0.1, -0.05) is 18.2 Å². The smallest absolute Gasteiger partial charge is 0.227 e. The van der Waals surface area contributed by atoms with Crippen molar-refractivity contribution < 1.29 is 9.53 Å². The zero-order valence-electron chi connectivity index (χ0n) is 11.7. The fraction of sp³-hybridized carbons (Fsp3) is 0.533. The van der Waals surface area contributed by atoms with Crippen LogP contribution in [0, 0.1) is 5.92 Å². The maximum atomic E-state index is 12.3. The molecule has 1 aliphatic rings. The quantitative estimate of drug-likeness (QED) is 0.870. The number of nitrogens with zero attached hydrogens (tertiary/aromatic N) is 1. The van der Waals surface area contributed by atoms with Gasteiger partial charge in [-0.3, -0.25) is 4.79 Å². The highest BCUT2D eigenvalue weighted by Gasteiger charge is 2.25. The van der Waals surface area contributed by atoms with Gasteiger partial charge in [-0.05, 0) is 32.0 Å². The summed E-state index contributed by atoms with van der Waals surface area (Å²) in [5.41, 5.74) is 0.965. The molecule has 1 aromatic rings. The van der Waals surface area contributed by atoms with Gasteiger partial charge in [0.2, 0.25) is 5.91 Å². The maximum absolute atomic E-state index is 12.3. The van der Waals surface area contributed by atoms with Crippen molar-refractivity contribution in [2.45, 2.75) is 12.8 Å². The summed E-state index contributed by atoms with van der Waals surface area (Å²) in [6.07, 6.45) is 1.52.